The number of aryl methyl sites for hydroxylation is 2. The number of benzene rings is 2. The van der Waals surface area contributed by atoms with Crippen LogP contribution < -0.4 is 14.8 Å². The second-order valence-corrected chi connectivity index (χ2v) is 10.8. The quantitative estimate of drug-likeness (QED) is 0.211. The molecule has 0 saturated carbocycles. The standard InChI is InChI=1S/C20H28N4O2S.C11H11F3O3/c1-6-8-11-22-19(21-5)16-9-10-18(14(3)12-16)24-20(26)23-15(4)27-13-17(25)7-2;1-7-2-9-10(17-6-16-9)3-8(7)4-15-5-11(12,13)14/h9-12H,6-8,13H2,1-5H3,(H,24,26);2-3H,4-6H2,1H3/b21-19?,22-11?,23-15-;. The molecule has 0 unspecified atom stereocenters. The lowest BCUT2D eigenvalue weighted by atomic mass is 10.1. The van der Waals surface area contributed by atoms with Crippen LogP contribution in [0.5, 0.6) is 11.5 Å². The maximum Gasteiger partial charge on any atom is 0.411 e. The number of alkyl halides is 3. The third kappa shape index (κ3) is 12.9. The molecule has 0 saturated heterocycles. The topological polar surface area (TPSA) is 111 Å². The number of unbranched alkanes of at least 4 members (excludes halogenated alkanes) is 1. The summed E-state index contributed by atoms with van der Waals surface area (Å²) in [5.41, 5.74) is 3.96. The third-order valence-electron chi connectivity index (χ3n) is 6.02. The van der Waals surface area contributed by atoms with Crippen molar-refractivity contribution in [2.75, 3.05) is 31.5 Å². The van der Waals surface area contributed by atoms with Gasteiger partial charge in [-0.05, 0) is 74.2 Å². The minimum absolute atomic E-state index is 0.0953. The second kappa shape index (κ2) is 18.2. The fraction of sp³-hybridized carbons (Fsp3) is 0.452. The molecule has 2 aromatic carbocycles. The fourth-order valence-corrected chi connectivity index (χ4v) is 4.33. The van der Waals surface area contributed by atoms with Crippen LogP contribution in [0, 0.1) is 13.8 Å². The van der Waals surface area contributed by atoms with Crippen molar-refractivity contribution in [3.8, 4) is 11.5 Å². The number of ether oxygens (including phenoxy) is 3. The van der Waals surface area contributed by atoms with Crippen molar-refractivity contribution in [2.24, 2.45) is 15.0 Å². The van der Waals surface area contributed by atoms with Gasteiger partial charge in [-0.15, -0.1) is 11.8 Å². The molecule has 2 amide bonds. The van der Waals surface area contributed by atoms with Crippen LogP contribution in [0.1, 0.15) is 62.3 Å². The molecule has 0 atom stereocenters. The number of hydrogen-bond acceptors (Lipinski definition) is 7. The number of fused-ring (bicyclic) bond motifs is 1. The number of amidine groups is 1. The largest absolute Gasteiger partial charge is 0.454 e. The predicted molar refractivity (Wildman–Crippen MR) is 170 cm³/mol. The normalized spacial score (nSPS) is 13.1. The van der Waals surface area contributed by atoms with Crippen molar-refractivity contribution in [3.05, 3.63) is 52.6 Å². The van der Waals surface area contributed by atoms with Crippen molar-refractivity contribution in [1.29, 1.82) is 0 Å². The van der Waals surface area contributed by atoms with Crippen LogP contribution in [0.4, 0.5) is 23.7 Å². The molecule has 0 spiro atoms. The van der Waals surface area contributed by atoms with E-state index in [0.717, 1.165) is 29.5 Å². The lowest BCUT2D eigenvalue weighted by Gasteiger charge is -2.10. The van der Waals surface area contributed by atoms with Gasteiger partial charge in [0.1, 0.15) is 12.4 Å². The Labute approximate surface area is 260 Å². The van der Waals surface area contributed by atoms with Crippen molar-refractivity contribution in [3.63, 3.8) is 0 Å². The third-order valence-corrected chi connectivity index (χ3v) is 6.99. The Morgan fingerprint density at radius 1 is 1.09 bits per heavy atom. The van der Waals surface area contributed by atoms with E-state index in [0.29, 0.717) is 45.8 Å². The summed E-state index contributed by atoms with van der Waals surface area (Å²) in [6.07, 6.45) is 0.000280. The summed E-state index contributed by atoms with van der Waals surface area (Å²) >= 11 is 1.28. The van der Waals surface area contributed by atoms with E-state index in [1.54, 1.807) is 33.0 Å². The van der Waals surface area contributed by atoms with E-state index in [1.165, 1.54) is 11.8 Å². The first-order valence-electron chi connectivity index (χ1n) is 14.0. The number of ketones is 1. The van der Waals surface area contributed by atoms with Gasteiger partial charge in [-0.3, -0.25) is 9.79 Å². The molecule has 1 aliphatic rings. The zero-order valence-corrected chi connectivity index (χ0v) is 26.7. The van der Waals surface area contributed by atoms with Gasteiger partial charge in [0.05, 0.1) is 17.4 Å². The van der Waals surface area contributed by atoms with E-state index < -0.39 is 18.8 Å². The summed E-state index contributed by atoms with van der Waals surface area (Å²) in [5.74, 6) is 2.29. The van der Waals surface area contributed by atoms with E-state index in [9.17, 15) is 22.8 Å². The molecule has 0 radical (unpaired) electrons. The number of aliphatic imine (C=N–C) groups is 3. The summed E-state index contributed by atoms with van der Waals surface area (Å²) in [6, 6.07) is 8.56. The fourth-order valence-electron chi connectivity index (χ4n) is 3.61. The average Bonchev–Trinajstić information content (AvgIpc) is 3.42. The lowest BCUT2D eigenvalue weighted by molar-refractivity contribution is -0.176. The monoisotopic (exact) mass is 636 g/mol. The van der Waals surface area contributed by atoms with E-state index in [2.05, 4.69) is 32.0 Å². The Morgan fingerprint density at radius 3 is 2.41 bits per heavy atom. The van der Waals surface area contributed by atoms with Crippen LogP contribution in [0.15, 0.2) is 45.3 Å². The smallest absolute Gasteiger partial charge is 0.411 e. The number of halogens is 3. The molecule has 13 heteroatoms. The number of rotatable bonds is 10. The van der Waals surface area contributed by atoms with Crippen LogP contribution in [0.3, 0.4) is 0 Å². The molecule has 0 aliphatic carbocycles. The first-order chi connectivity index (χ1) is 20.9. The maximum atomic E-state index is 12.1. The molecule has 3 rings (SSSR count). The maximum absolute atomic E-state index is 12.1. The van der Waals surface area contributed by atoms with E-state index >= 15 is 0 Å². The van der Waals surface area contributed by atoms with Crippen LogP contribution in [0.25, 0.3) is 0 Å². The molecule has 1 aliphatic heterocycles. The predicted octanol–water partition coefficient (Wildman–Crippen LogP) is 7.71. The highest BCUT2D eigenvalue weighted by Gasteiger charge is 2.27. The summed E-state index contributed by atoms with van der Waals surface area (Å²) < 4.78 is 50.6. The van der Waals surface area contributed by atoms with Gasteiger partial charge < -0.3 is 19.5 Å². The van der Waals surface area contributed by atoms with Gasteiger partial charge >= 0.3 is 12.2 Å². The minimum Gasteiger partial charge on any atom is -0.454 e. The minimum atomic E-state index is -4.30. The van der Waals surface area contributed by atoms with Crippen LogP contribution in [-0.2, 0) is 16.1 Å². The highest BCUT2D eigenvalue weighted by molar-refractivity contribution is 8.14. The molecule has 0 aromatic heterocycles. The molecule has 2 aromatic rings. The number of Topliss-reactive ketones (excluding diaryl/α,β-unsaturated/α-hetero) is 1. The van der Waals surface area contributed by atoms with Crippen molar-refractivity contribution < 1.29 is 37.0 Å². The summed E-state index contributed by atoms with van der Waals surface area (Å²) in [7, 11) is 1.71. The van der Waals surface area contributed by atoms with Crippen molar-refractivity contribution in [2.45, 2.75) is 66.7 Å². The second-order valence-electron chi connectivity index (χ2n) is 9.66. The molecule has 9 nitrogen and oxygen atoms in total. The van der Waals surface area contributed by atoms with Crippen LogP contribution in [-0.4, -0.2) is 61.3 Å². The number of nitrogens with zero attached hydrogens (tertiary/aromatic N) is 3. The van der Waals surface area contributed by atoms with Gasteiger partial charge in [0.15, 0.2) is 17.3 Å². The van der Waals surface area contributed by atoms with Crippen LogP contribution >= 0.6 is 11.8 Å². The van der Waals surface area contributed by atoms with E-state index in [4.69, 9.17) is 9.47 Å². The summed E-state index contributed by atoms with van der Waals surface area (Å²) in [6.45, 7) is 8.13. The molecule has 0 fully saturated rings. The van der Waals surface area contributed by atoms with Gasteiger partial charge in [-0.25, -0.2) is 9.79 Å². The average molecular weight is 637 g/mol. The SMILES string of the molecule is CCCC=NC(=NC)c1ccc(NC(=O)/N=C(/C)SCC(=O)CC)c(C)c1.Cc1cc2c(cc1COCC(F)(F)F)OCO2. The number of thioether (sulfide) groups is 1. The van der Waals surface area contributed by atoms with Gasteiger partial charge in [0.25, 0.3) is 0 Å². The first-order valence-corrected chi connectivity index (χ1v) is 15.0. The van der Waals surface area contributed by atoms with Gasteiger partial charge in [0, 0.05) is 30.9 Å². The molecule has 1 N–H and O–H groups in total. The molecule has 240 valence electrons. The number of nitrogens with one attached hydrogen (secondary N) is 1. The Bertz CT molecular complexity index is 1380. The van der Waals surface area contributed by atoms with Crippen LogP contribution in [0.2, 0.25) is 0 Å². The van der Waals surface area contributed by atoms with Crippen molar-refractivity contribution in [1.82, 2.24) is 0 Å². The van der Waals surface area contributed by atoms with E-state index in [-0.39, 0.29) is 19.2 Å². The summed E-state index contributed by atoms with van der Waals surface area (Å²) in [4.78, 5) is 36.0. The van der Waals surface area contributed by atoms with Crippen molar-refractivity contribution >= 4 is 46.4 Å². The molecular formula is C31H39F3N4O5S. The van der Waals surface area contributed by atoms with Gasteiger partial charge in [-0.2, -0.15) is 18.2 Å². The van der Waals surface area contributed by atoms with Gasteiger partial charge in [-0.1, -0.05) is 20.3 Å². The number of urea groups is 1. The van der Waals surface area contributed by atoms with Gasteiger partial charge in [0.2, 0.25) is 6.79 Å². The number of amides is 2. The first kappa shape index (κ1) is 36.5. The molecular weight excluding hydrogens is 597 g/mol. The number of hydrogen-bond donors (Lipinski definition) is 1. The highest BCUT2D eigenvalue weighted by atomic mass is 32.2. The Balaban J connectivity index is 0.000000338. The number of carbonyl (C=O) groups is 2. The van der Waals surface area contributed by atoms with E-state index in [1.807, 2.05) is 38.3 Å². The Morgan fingerprint density at radius 2 is 1.80 bits per heavy atom. The zero-order chi connectivity index (χ0) is 32.7. The lowest BCUT2D eigenvalue weighted by Crippen LogP contribution is -2.16. The number of carbonyl (C=O) groups excluding carboxylic acids is 2. The molecule has 0 bridgehead atoms. The zero-order valence-electron chi connectivity index (χ0n) is 25.8. The Hall–Kier alpha value is -3.71. The number of anilines is 1. The highest BCUT2D eigenvalue weighted by Crippen LogP contribution is 2.35. The Kier molecular flexibility index (Phi) is 15.1. The molecule has 1 heterocycles. The molecule has 44 heavy (non-hydrogen) atoms. The summed E-state index contributed by atoms with van der Waals surface area (Å²) in [5, 5.41) is 3.34.